The lowest BCUT2D eigenvalue weighted by Crippen LogP contribution is -2.44. The first-order valence-electron chi connectivity index (χ1n) is 4.94. The Morgan fingerprint density at radius 3 is 2.93 bits per heavy atom. The van der Waals surface area contributed by atoms with Crippen molar-refractivity contribution in [2.24, 2.45) is 0 Å². The second kappa shape index (κ2) is 3.57. The van der Waals surface area contributed by atoms with Gasteiger partial charge in [0.05, 0.1) is 0 Å². The molecule has 0 aromatic rings. The van der Waals surface area contributed by atoms with E-state index in [2.05, 4.69) is 5.32 Å². The van der Waals surface area contributed by atoms with Gasteiger partial charge in [-0.25, -0.2) is 0 Å². The van der Waals surface area contributed by atoms with E-state index in [1.165, 1.54) is 0 Å². The van der Waals surface area contributed by atoms with Gasteiger partial charge in [-0.1, -0.05) is 0 Å². The Kier molecular flexibility index (Phi) is 2.41. The number of hydrogen-bond acceptors (Lipinski definition) is 3. The molecule has 2 heterocycles. The van der Waals surface area contributed by atoms with Crippen LogP contribution in [0.4, 0.5) is 0 Å². The lowest BCUT2D eigenvalue weighted by molar-refractivity contribution is -0.143. The molecule has 2 N–H and O–H groups in total. The average molecular weight is 198 g/mol. The van der Waals surface area contributed by atoms with Crippen LogP contribution in [0.1, 0.15) is 19.3 Å². The van der Waals surface area contributed by atoms with E-state index < -0.39 is 5.97 Å². The molecule has 0 aromatic carbocycles. The Labute approximate surface area is 82.1 Å². The highest BCUT2D eigenvalue weighted by atomic mass is 16.4. The number of carboxylic acid groups (broad SMARTS) is 1. The van der Waals surface area contributed by atoms with E-state index in [4.69, 9.17) is 5.11 Å². The predicted octanol–water partition coefficient (Wildman–Crippen LogP) is -0.576. The average Bonchev–Trinajstić information content (AvgIpc) is 2.70. The van der Waals surface area contributed by atoms with E-state index in [0.29, 0.717) is 19.4 Å². The van der Waals surface area contributed by atoms with Crippen molar-refractivity contribution in [1.29, 1.82) is 0 Å². The molecule has 5 nitrogen and oxygen atoms in total. The standard InChI is InChI=1S/C9H14N2O3/c12-8-4-6(5-10-8)11-3-1-2-7(11)9(13)14/h6-7H,1-5H2,(H,10,12)(H,13,14)/t6?,7-/m0/s1. The highest BCUT2D eigenvalue weighted by molar-refractivity contribution is 5.79. The van der Waals surface area contributed by atoms with Crippen LogP contribution < -0.4 is 5.32 Å². The molecule has 5 heteroatoms. The lowest BCUT2D eigenvalue weighted by Gasteiger charge is -2.26. The first-order valence-corrected chi connectivity index (χ1v) is 4.94. The van der Waals surface area contributed by atoms with Crippen LogP contribution >= 0.6 is 0 Å². The van der Waals surface area contributed by atoms with E-state index in [1.54, 1.807) is 0 Å². The molecule has 14 heavy (non-hydrogen) atoms. The van der Waals surface area contributed by atoms with Crippen LogP contribution in [-0.4, -0.2) is 47.1 Å². The second-order valence-electron chi connectivity index (χ2n) is 3.90. The van der Waals surface area contributed by atoms with Gasteiger partial charge < -0.3 is 10.4 Å². The highest BCUT2D eigenvalue weighted by Gasteiger charge is 2.38. The number of hydrogen-bond donors (Lipinski definition) is 2. The summed E-state index contributed by atoms with van der Waals surface area (Å²) in [5, 5.41) is 11.7. The molecule has 78 valence electrons. The van der Waals surface area contributed by atoms with Crippen LogP contribution in [0.15, 0.2) is 0 Å². The SMILES string of the molecule is O=C1CC(N2CCC[C@H]2C(=O)O)CN1. The topological polar surface area (TPSA) is 69.6 Å². The molecule has 0 bridgehead atoms. The van der Waals surface area contributed by atoms with Crippen molar-refractivity contribution in [2.45, 2.75) is 31.3 Å². The van der Waals surface area contributed by atoms with Crippen LogP contribution in [0, 0.1) is 0 Å². The van der Waals surface area contributed by atoms with E-state index in [-0.39, 0.29) is 18.0 Å². The Morgan fingerprint density at radius 2 is 2.36 bits per heavy atom. The third-order valence-electron chi connectivity index (χ3n) is 3.00. The minimum Gasteiger partial charge on any atom is -0.480 e. The van der Waals surface area contributed by atoms with Crippen molar-refractivity contribution in [1.82, 2.24) is 10.2 Å². The summed E-state index contributed by atoms with van der Waals surface area (Å²) in [6, 6.07) is -0.293. The van der Waals surface area contributed by atoms with Gasteiger partial charge in [-0.05, 0) is 19.4 Å². The zero-order valence-corrected chi connectivity index (χ0v) is 7.90. The first kappa shape index (κ1) is 9.45. The van der Waals surface area contributed by atoms with Crippen molar-refractivity contribution in [2.75, 3.05) is 13.1 Å². The highest BCUT2D eigenvalue weighted by Crippen LogP contribution is 2.23. The van der Waals surface area contributed by atoms with E-state index >= 15 is 0 Å². The maximum absolute atomic E-state index is 11.0. The maximum atomic E-state index is 11.0. The Balaban J connectivity index is 2.02. The molecule has 0 spiro atoms. The number of aliphatic carboxylic acids is 1. The molecule has 2 atom stereocenters. The van der Waals surface area contributed by atoms with Crippen molar-refractivity contribution in [3.63, 3.8) is 0 Å². The van der Waals surface area contributed by atoms with Crippen molar-refractivity contribution in [3.05, 3.63) is 0 Å². The van der Waals surface area contributed by atoms with Gasteiger partial charge in [0, 0.05) is 19.0 Å². The summed E-state index contributed by atoms with van der Waals surface area (Å²) in [5.41, 5.74) is 0. The Morgan fingerprint density at radius 1 is 1.57 bits per heavy atom. The number of carbonyl (C=O) groups excluding carboxylic acids is 1. The maximum Gasteiger partial charge on any atom is 0.320 e. The summed E-state index contributed by atoms with van der Waals surface area (Å²) in [7, 11) is 0. The molecule has 2 saturated heterocycles. The molecule has 2 aliphatic rings. The molecular formula is C9H14N2O3. The van der Waals surface area contributed by atoms with Gasteiger partial charge in [-0.2, -0.15) is 0 Å². The fourth-order valence-electron chi connectivity index (χ4n) is 2.32. The first-order chi connectivity index (χ1) is 6.68. The Hall–Kier alpha value is -1.10. The second-order valence-corrected chi connectivity index (χ2v) is 3.90. The molecule has 1 unspecified atom stereocenters. The molecule has 0 saturated carbocycles. The van der Waals surface area contributed by atoms with Gasteiger partial charge in [-0.15, -0.1) is 0 Å². The van der Waals surface area contributed by atoms with E-state index in [9.17, 15) is 9.59 Å². The predicted molar refractivity (Wildman–Crippen MR) is 48.8 cm³/mol. The zero-order valence-electron chi connectivity index (χ0n) is 7.90. The van der Waals surface area contributed by atoms with Crippen LogP contribution in [0.2, 0.25) is 0 Å². The molecular weight excluding hydrogens is 184 g/mol. The van der Waals surface area contributed by atoms with E-state index in [1.807, 2.05) is 4.90 Å². The van der Waals surface area contributed by atoms with Crippen LogP contribution in [0.5, 0.6) is 0 Å². The van der Waals surface area contributed by atoms with Crippen molar-refractivity contribution < 1.29 is 14.7 Å². The fraction of sp³-hybridized carbons (Fsp3) is 0.778. The van der Waals surface area contributed by atoms with Crippen molar-refractivity contribution >= 4 is 11.9 Å². The number of carbonyl (C=O) groups is 2. The molecule has 0 radical (unpaired) electrons. The summed E-state index contributed by atoms with van der Waals surface area (Å²) < 4.78 is 0. The quantitative estimate of drug-likeness (QED) is 0.623. The number of carboxylic acids is 1. The third kappa shape index (κ3) is 1.59. The molecule has 2 aliphatic heterocycles. The number of nitrogens with one attached hydrogen (secondary N) is 1. The van der Waals surface area contributed by atoms with Crippen LogP contribution in [0.25, 0.3) is 0 Å². The molecule has 0 aromatic heterocycles. The summed E-state index contributed by atoms with van der Waals surface area (Å²) >= 11 is 0. The summed E-state index contributed by atoms with van der Waals surface area (Å²) in [6.45, 7) is 1.40. The monoisotopic (exact) mass is 198 g/mol. The molecule has 1 amide bonds. The summed E-state index contributed by atoms with van der Waals surface area (Å²) in [6.07, 6.45) is 2.07. The third-order valence-corrected chi connectivity index (χ3v) is 3.00. The van der Waals surface area contributed by atoms with Gasteiger partial charge in [0.2, 0.25) is 5.91 Å². The molecule has 0 aliphatic carbocycles. The lowest BCUT2D eigenvalue weighted by atomic mass is 10.1. The fourth-order valence-corrected chi connectivity index (χ4v) is 2.32. The van der Waals surface area contributed by atoms with Gasteiger partial charge >= 0.3 is 5.97 Å². The minimum absolute atomic E-state index is 0.0334. The zero-order chi connectivity index (χ0) is 10.1. The van der Waals surface area contributed by atoms with Gasteiger partial charge in [0.25, 0.3) is 0 Å². The van der Waals surface area contributed by atoms with Crippen LogP contribution in [0.3, 0.4) is 0 Å². The normalized spacial score (nSPS) is 33.3. The Bertz CT molecular complexity index is 267. The van der Waals surface area contributed by atoms with Gasteiger partial charge in [-0.3, -0.25) is 14.5 Å². The van der Waals surface area contributed by atoms with Gasteiger partial charge in [0.15, 0.2) is 0 Å². The van der Waals surface area contributed by atoms with Crippen LogP contribution in [-0.2, 0) is 9.59 Å². The van der Waals surface area contributed by atoms with Gasteiger partial charge in [0.1, 0.15) is 6.04 Å². The number of amides is 1. The van der Waals surface area contributed by atoms with E-state index in [0.717, 1.165) is 13.0 Å². The smallest absolute Gasteiger partial charge is 0.320 e. The minimum atomic E-state index is -0.762. The molecule has 2 fully saturated rings. The molecule has 2 rings (SSSR count). The number of likely N-dealkylation sites (tertiary alicyclic amines) is 1. The number of rotatable bonds is 2. The largest absolute Gasteiger partial charge is 0.480 e. The number of nitrogens with zero attached hydrogens (tertiary/aromatic N) is 1. The van der Waals surface area contributed by atoms with Crippen molar-refractivity contribution in [3.8, 4) is 0 Å². The summed E-state index contributed by atoms with van der Waals surface area (Å²) in [5.74, 6) is -0.729. The summed E-state index contributed by atoms with van der Waals surface area (Å²) in [4.78, 5) is 23.8.